The molecule has 3 aromatic rings. The van der Waals surface area contributed by atoms with Crippen molar-refractivity contribution in [1.82, 2.24) is 9.29 Å². The van der Waals surface area contributed by atoms with Crippen molar-refractivity contribution in [2.45, 2.75) is 52.5 Å². The van der Waals surface area contributed by atoms with Crippen molar-refractivity contribution in [3.63, 3.8) is 0 Å². The number of piperidine rings is 1. The molecule has 11 heteroatoms. The summed E-state index contributed by atoms with van der Waals surface area (Å²) in [7, 11) is -4.70. The number of aromatic nitrogens is 1. The van der Waals surface area contributed by atoms with Gasteiger partial charge in [-0.2, -0.15) is 8.42 Å². The Morgan fingerprint density at radius 1 is 1.12 bits per heavy atom. The summed E-state index contributed by atoms with van der Waals surface area (Å²) < 4.78 is 25.7. The molecule has 0 saturated carbocycles. The summed E-state index contributed by atoms with van der Waals surface area (Å²) in [4.78, 5) is 32.6. The molecule has 0 radical (unpaired) electrons. The molecule has 2 heterocycles. The Bertz CT molecular complexity index is 1500. The second-order valence-corrected chi connectivity index (χ2v) is 12.3. The van der Waals surface area contributed by atoms with Gasteiger partial charge in [0.2, 0.25) is 0 Å². The van der Waals surface area contributed by atoms with E-state index in [4.69, 9.17) is 5.14 Å². The average molecular weight is 594 g/mol. The number of aliphatic carboxylic acids is 1. The molecule has 1 fully saturated rings. The topological polar surface area (TPSA) is 146 Å². The quantitative estimate of drug-likeness (QED) is 0.303. The smallest absolute Gasteiger partial charge is 0.328 e. The molecule has 1 aromatic heterocycles. The van der Waals surface area contributed by atoms with Gasteiger partial charge in [-0.3, -0.25) is 4.79 Å². The van der Waals surface area contributed by atoms with E-state index in [1.165, 1.54) is 0 Å². The molecule has 1 amide bonds. The second-order valence-electron chi connectivity index (χ2n) is 10.9. The number of carbonyl (C=O) groups excluding carboxylic acids is 1. The van der Waals surface area contributed by atoms with Gasteiger partial charge < -0.3 is 15.3 Å². The van der Waals surface area contributed by atoms with Crippen LogP contribution in [0.4, 0.5) is 11.5 Å². The number of benzene rings is 2. The minimum absolute atomic E-state index is 0.164. The molecular weight excluding hydrogens is 554 g/mol. The second kappa shape index (κ2) is 13.3. The number of pyridine rings is 1. The van der Waals surface area contributed by atoms with E-state index in [-0.39, 0.29) is 12.0 Å². The van der Waals surface area contributed by atoms with Gasteiger partial charge in [-0.15, -0.1) is 0 Å². The fourth-order valence-electron chi connectivity index (χ4n) is 5.63. The SMILES string of the molecule is CCc1cc(C)cc(C)c1C(=O)N(C(Cc1ccc(N2CCC(CNc3ccccn3)CC2)cc1)C(=O)O)S(N)(=O)=O. The van der Waals surface area contributed by atoms with Crippen molar-refractivity contribution in [2.24, 2.45) is 11.1 Å². The molecule has 0 bridgehead atoms. The number of rotatable bonds is 11. The summed E-state index contributed by atoms with van der Waals surface area (Å²) in [5.41, 5.74) is 3.87. The number of nitrogens with two attached hydrogens (primary N) is 1. The highest BCUT2D eigenvalue weighted by Crippen LogP contribution is 2.26. The van der Waals surface area contributed by atoms with Crippen molar-refractivity contribution in [2.75, 3.05) is 29.9 Å². The molecule has 1 atom stereocenters. The fourth-order valence-corrected chi connectivity index (χ4v) is 6.48. The molecule has 42 heavy (non-hydrogen) atoms. The molecule has 1 saturated heterocycles. The number of carboxylic acids is 1. The van der Waals surface area contributed by atoms with E-state index in [0.717, 1.165) is 49.5 Å². The van der Waals surface area contributed by atoms with Crippen LogP contribution in [0.25, 0.3) is 0 Å². The number of hydrogen-bond donors (Lipinski definition) is 3. The van der Waals surface area contributed by atoms with Crippen LogP contribution in [0.15, 0.2) is 60.8 Å². The van der Waals surface area contributed by atoms with E-state index in [2.05, 4.69) is 15.2 Å². The van der Waals surface area contributed by atoms with Crippen LogP contribution in [-0.2, 0) is 27.8 Å². The molecule has 2 aromatic carbocycles. The molecule has 0 spiro atoms. The van der Waals surface area contributed by atoms with Crippen LogP contribution < -0.4 is 15.4 Å². The Morgan fingerprint density at radius 3 is 2.38 bits per heavy atom. The van der Waals surface area contributed by atoms with Gasteiger partial charge in [0.25, 0.3) is 5.91 Å². The maximum absolute atomic E-state index is 13.6. The monoisotopic (exact) mass is 593 g/mol. The molecule has 4 N–H and O–H groups in total. The maximum Gasteiger partial charge on any atom is 0.328 e. The van der Waals surface area contributed by atoms with Crippen LogP contribution in [0.5, 0.6) is 0 Å². The lowest BCUT2D eigenvalue weighted by molar-refractivity contribution is -0.140. The van der Waals surface area contributed by atoms with E-state index in [1.807, 2.05) is 44.2 Å². The molecule has 0 aliphatic carbocycles. The normalized spacial score (nSPS) is 14.8. The lowest BCUT2D eigenvalue weighted by Gasteiger charge is -2.34. The summed E-state index contributed by atoms with van der Waals surface area (Å²) >= 11 is 0. The van der Waals surface area contributed by atoms with Gasteiger partial charge in [-0.1, -0.05) is 42.8 Å². The first-order valence-corrected chi connectivity index (χ1v) is 15.7. The van der Waals surface area contributed by atoms with Crippen LogP contribution >= 0.6 is 0 Å². The van der Waals surface area contributed by atoms with Crippen molar-refractivity contribution in [3.05, 3.63) is 88.6 Å². The number of nitrogens with one attached hydrogen (secondary N) is 1. The number of nitrogens with zero attached hydrogens (tertiary/aromatic N) is 3. The minimum atomic E-state index is -4.70. The number of aryl methyl sites for hydroxylation is 3. The number of anilines is 2. The van der Waals surface area contributed by atoms with Crippen LogP contribution in [0, 0.1) is 19.8 Å². The standard InChI is InChI=1S/C31H39N5O5S/c1-4-25-18-21(2)17-22(3)29(25)30(37)36(42(32,40)41)27(31(38)39)19-23-8-10-26(11-9-23)35-15-12-24(13-16-35)20-34-28-7-5-6-14-33-28/h5-11,14,17-18,24,27H,4,12-13,15-16,19-20H2,1-3H3,(H,33,34)(H,38,39)(H2,32,40,41). The first-order valence-electron chi connectivity index (χ1n) is 14.2. The third kappa shape index (κ3) is 7.46. The minimum Gasteiger partial charge on any atom is -0.480 e. The molecule has 1 unspecified atom stereocenters. The van der Waals surface area contributed by atoms with E-state index < -0.39 is 28.1 Å². The molecular formula is C31H39N5O5S. The maximum atomic E-state index is 13.6. The van der Waals surface area contributed by atoms with E-state index in [1.54, 1.807) is 37.4 Å². The Hall–Kier alpha value is -3.96. The van der Waals surface area contributed by atoms with Gasteiger partial charge in [0.1, 0.15) is 5.82 Å². The highest BCUT2D eigenvalue weighted by atomic mass is 32.2. The molecule has 1 aliphatic rings. The zero-order chi connectivity index (χ0) is 30.4. The predicted octanol–water partition coefficient (Wildman–Crippen LogP) is 3.93. The largest absolute Gasteiger partial charge is 0.480 e. The predicted molar refractivity (Wildman–Crippen MR) is 164 cm³/mol. The zero-order valence-electron chi connectivity index (χ0n) is 24.3. The summed E-state index contributed by atoms with van der Waals surface area (Å²) in [5.74, 6) is -0.981. The first kappa shape index (κ1) is 31.0. The molecule has 1 aliphatic heterocycles. The highest BCUT2D eigenvalue weighted by molar-refractivity contribution is 7.87. The van der Waals surface area contributed by atoms with Gasteiger partial charge in [0, 0.05) is 43.5 Å². The summed E-state index contributed by atoms with van der Waals surface area (Å²) in [6.45, 7) is 8.06. The third-order valence-corrected chi connectivity index (χ3v) is 8.75. The first-order chi connectivity index (χ1) is 20.0. The zero-order valence-corrected chi connectivity index (χ0v) is 25.1. The number of hydrogen-bond acceptors (Lipinski definition) is 7. The Kier molecular flexibility index (Phi) is 9.85. The van der Waals surface area contributed by atoms with Gasteiger partial charge in [0.05, 0.1) is 0 Å². The van der Waals surface area contributed by atoms with Crippen molar-refractivity contribution in [3.8, 4) is 0 Å². The van der Waals surface area contributed by atoms with Gasteiger partial charge >= 0.3 is 16.2 Å². The van der Waals surface area contributed by atoms with Crippen LogP contribution in [0.2, 0.25) is 0 Å². The third-order valence-electron chi connectivity index (χ3n) is 7.78. The van der Waals surface area contributed by atoms with Crippen molar-refractivity contribution >= 4 is 33.6 Å². The average Bonchev–Trinajstić information content (AvgIpc) is 2.95. The number of amides is 1. The summed E-state index contributed by atoms with van der Waals surface area (Å²) in [6, 6.07) is 15.0. The van der Waals surface area contributed by atoms with Crippen molar-refractivity contribution in [1.29, 1.82) is 0 Å². The summed E-state index contributed by atoms with van der Waals surface area (Å²) in [5, 5.41) is 18.9. The van der Waals surface area contributed by atoms with Gasteiger partial charge in [0.15, 0.2) is 6.04 Å². The van der Waals surface area contributed by atoms with E-state index in [0.29, 0.717) is 33.3 Å². The fraction of sp³-hybridized carbons (Fsp3) is 0.387. The lowest BCUT2D eigenvalue weighted by atomic mass is 9.95. The Labute approximate surface area is 247 Å². The lowest BCUT2D eigenvalue weighted by Crippen LogP contribution is -2.52. The highest BCUT2D eigenvalue weighted by Gasteiger charge is 2.39. The van der Waals surface area contributed by atoms with Crippen LogP contribution in [-0.4, -0.2) is 60.4 Å². The molecule has 4 rings (SSSR count). The number of carboxylic acid groups (broad SMARTS) is 1. The Morgan fingerprint density at radius 2 is 1.81 bits per heavy atom. The summed E-state index contributed by atoms with van der Waals surface area (Å²) in [6.07, 6.45) is 4.06. The van der Waals surface area contributed by atoms with Crippen LogP contribution in [0.1, 0.15) is 52.4 Å². The van der Waals surface area contributed by atoms with E-state index >= 15 is 0 Å². The number of carbonyl (C=O) groups is 2. The Balaban J connectivity index is 1.46. The van der Waals surface area contributed by atoms with Gasteiger partial charge in [-0.25, -0.2) is 19.2 Å². The van der Waals surface area contributed by atoms with Gasteiger partial charge in [-0.05, 0) is 80.0 Å². The molecule has 224 valence electrons. The van der Waals surface area contributed by atoms with Crippen molar-refractivity contribution < 1.29 is 23.1 Å². The van der Waals surface area contributed by atoms with E-state index in [9.17, 15) is 23.1 Å². The molecule has 10 nitrogen and oxygen atoms in total. The van der Waals surface area contributed by atoms with Crippen LogP contribution in [0.3, 0.4) is 0 Å².